The van der Waals surface area contributed by atoms with Crippen LogP contribution in [-0.4, -0.2) is 89.5 Å². The summed E-state index contributed by atoms with van der Waals surface area (Å²) in [4.78, 5) is 33.3. The van der Waals surface area contributed by atoms with Crippen molar-refractivity contribution in [3.05, 3.63) is 118 Å². The zero-order chi connectivity index (χ0) is 42.5. The molecule has 3 aliphatic rings. The second-order valence-corrected chi connectivity index (χ2v) is 16.5. The molecule has 0 spiro atoms. The Balaban J connectivity index is 1.47. The van der Waals surface area contributed by atoms with Crippen molar-refractivity contribution in [2.24, 2.45) is 22.9 Å². The number of rotatable bonds is 22. The van der Waals surface area contributed by atoms with Gasteiger partial charge in [-0.15, -0.1) is 18.3 Å². The van der Waals surface area contributed by atoms with Gasteiger partial charge in [0.15, 0.2) is 0 Å². The number of hydrogen-bond acceptors (Lipinski definition) is 12. The number of non-ortho nitro benzene ring substituents is 1. The molecule has 0 saturated heterocycles. The molecule has 14 heteroatoms. The van der Waals surface area contributed by atoms with Crippen LogP contribution in [0.15, 0.2) is 107 Å². The molecule has 13 nitrogen and oxygen atoms in total. The van der Waals surface area contributed by atoms with Gasteiger partial charge in [0, 0.05) is 60.9 Å². The second kappa shape index (κ2) is 21.6. The summed E-state index contributed by atoms with van der Waals surface area (Å²) in [6, 6.07) is 21.6. The fourth-order valence-corrected chi connectivity index (χ4v) is 9.66. The molecule has 2 aliphatic carbocycles. The molecule has 1 saturated carbocycles. The van der Waals surface area contributed by atoms with Crippen molar-refractivity contribution in [1.82, 2.24) is 4.90 Å². The normalized spacial score (nSPS) is 23.4. The predicted octanol–water partition coefficient (Wildman–Crippen LogP) is 8.69. The Bertz CT molecular complexity index is 1960. The molecule has 1 aliphatic heterocycles. The molecular formula is C46H57N3O10S. The summed E-state index contributed by atoms with van der Waals surface area (Å²) in [5.41, 5.74) is 3.17. The minimum absolute atomic E-state index is 0.0190. The van der Waals surface area contributed by atoms with E-state index >= 15 is 0 Å². The first-order valence-electron chi connectivity index (χ1n) is 20.9. The number of oxime groups is 1. The molecule has 0 aromatic heterocycles. The van der Waals surface area contributed by atoms with Crippen LogP contribution in [0.3, 0.4) is 0 Å². The average Bonchev–Trinajstić information content (AvgIpc) is 3.26. The van der Waals surface area contributed by atoms with Crippen LogP contribution in [0.1, 0.15) is 68.9 Å². The number of aliphatic hydroxyl groups excluding tert-OH is 2. The lowest BCUT2D eigenvalue weighted by atomic mass is 9.55. The van der Waals surface area contributed by atoms with Gasteiger partial charge in [-0.05, 0) is 98.0 Å². The number of nitro groups is 1. The summed E-state index contributed by atoms with van der Waals surface area (Å²) < 4.78 is 26.0. The molecule has 2 N–H and O–H groups in total. The third-order valence-corrected chi connectivity index (χ3v) is 12.6. The van der Waals surface area contributed by atoms with E-state index in [4.69, 9.17) is 28.9 Å². The number of aliphatic hydroxyl groups is 2. The number of carbonyl (C=O) groups excluding carboxylic acids is 1. The molecule has 6 unspecified atom stereocenters. The molecule has 322 valence electrons. The molecular weight excluding hydrogens is 787 g/mol. The van der Waals surface area contributed by atoms with Crippen molar-refractivity contribution in [1.29, 1.82) is 0 Å². The monoisotopic (exact) mass is 843 g/mol. The summed E-state index contributed by atoms with van der Waals surface area (Å²) >= 11 is 1.73. The van der Waals surface area contributed by atoms with E-state index in [9.17, 15) is 25.1 Å². The van der Waals surface area contributed by atoms with Gasteiger partial charge in [-0.25, -0.2) is 4.79 Å². The van der Waals surface area contributed by atoms with Gasteiger partial charge >= 0.3 is 6.09 Å². The summed E-state index contributed by atoms with van der Waals surface area (Å²) in [6.45, 7) is 6.76. The number of nitro benzene ring substituents is 1. The first-order valence-corrected chi connectivity index (χ1v) is 21.9. The van der Waals surface area contributed by atoms with Crippen LogP contribution in [-0.2, 0) is 20.9 Å². The first kappa shape index (κ1) is 44.7. The fraction of sp³-hybridized carbons (Fsp3) is 0.478. The maximum Gasteiger partial charge on any atom is 0.409 e. The Hall–Kier alpha value is -4.89. The lowest BCUT2D eigenvalue weighted by Gasteiger charge is -2.59. The first-order chi connectivity index (χ1) is 29.2. The highest BCUT2D eigenvalue weighted by atomic mass is 32.2. The lowest BCUT2D eigenvalue weighted by Crippen LogP contribution is -2.69. The van der Waals surface area contributed by atoms with Gasteiger partial charge in [0.2, 0.25) is 5.79 Å². The van der Waals surface area contributed by atoms with E-state index in [2.05, 4.69) is 30.9 Å². The van der Waals surface area contributed by atoms with Crippen molar-refractivity contribution in [3.63, 3.8) is 0 Å². The number of allylic oxidation sites excluding steroid dienone is 1. The van der Waals surface area contributed by atoms with Gasteiger partial charge in [-0.3, -0.25) is 10.1 Å². The van der Waals surface area contributed by atoms with Crippen molar-refractivity contribution in [2.45, 2.75) is 81.1 Å². The topological polar surface area (TPSA) is 162 Å². The van der Waals surface area contributed by atoms with Crippen LogP contribution in [0.4, 0.5) is 10.5 Å². The molecule has 0 radical (unpaired) electrons. The SMILES string of the molecule is C=CCOC12Oc3ccc(OCCSc4ccccc4)cc3C3C(CCCCO)C(CCCCO)C=C(C(=NOCc4ccc([N+](=O)[O-])cc4)CC1N(C)C(=O)OCC)C32. The molecule has 1 heterocycles. The van der Waals surface area contributed by atoms with E-state index in [1.807, 2.05) is 30.3 Å². The van der Waals surface area contributed by atoms with E-state index in [0.717, 1.165) is 42.6 Å². The minimum atomic E-state index is -1.41. The Morgan fingerprint density at radius 3 is 2.52 bits per heavy atom. The quantitative estimate of drug-likeness (QED) is 0.0327. The predicted molar refractivity (Wildman–Crippen MR) is 230 cm³/mol. The van der Waals surface area contributed by atoms with Gasteiger partial charge in [0.1, 0.15) is 24.1 Å². The van der Waals surface area contributed by atoms with E-state index in [0.29, 0.717) is 42.2 Å². The highest BCUT2D eigenvalue weighted by Crippen LogP contribution is 2.61. The van der Waals surface area contributed by atoms with E-state index in [1.54, 1.807) is 43.9 Å². The highest BCUT2D eigenvalue weighted by molar-refractivity contribution is 7.99. The Morgan fingerprint density at radius 2 is 1.82 bits per heavy atom. The van der Waals surface area contributed by atoms with Crippen molar-refractivity contribution >= 4 is 29.3 Å². The Labute approximate surface area is 356 Å². The van der Waals surface area contributed by atoms with E-state index in [-0.39, 0.29) is 62.9 Å². The van der Waals surface area contributed by atoms with Gasteiger partial charge < -0.3 is 38.9 Å². The van der Waals surface area contributed by atoms with Crippen molar-refractivity contribution in [2.75, 3.05) is 45.8 Å². The highest BCUT2D eigenvalue weighted by Gasteiger charge is 2.65. The third kappa shape index (κ3) is 10.3. The largest absolute Gasteiger partial charge is 0.493 e. The number of nitrogens with zero attached hydrogens (tertiary/aromatic N) is 3. The van der Waals surface area contributed by atoms with Gasteiger partial charge in [-0.1, -0.05) is 48.3 Å². The minimum Gasteiger partial charge on any atom is -0.493 e. The molecule has 0 bridgehead atoms. The van der Waals surface area contributed by atoms with Crippen LogP contribution in [0, 0.1) is 27.9 Å². The summed E-state index contributed by atoms with van der Waals surface area (Å²) in [6.07, 6.45) is 8.13. The zero-order valence-corrected chi connectivity index (χ0v) is 35.3. The maximum absolute atomic E-state index is 13.7. The molecule has 3 aromatic rings. The third-order valence-electron chi connectivity index (χ3n) is 11.6. The Kier molecular flexibility index (Phi) is 16.1. The van der Waals surface area contributed by atoms with Gasteiger partial charge in [-0.2, -0.15) is 0 Å². The number of benzene rings is 3. The molecule has 1 fully saturated rings. The molecule has 1 amide bonds. The molecule has 6 rings (SSSR count). The lowest BCUT2D eigenvalue weighted by molar-refractivity contribution is -0.384. The van der Waals surface area contributed by atoms with Crippen LogP contribution in [0.2, 0.25) is 0 Å². The van der Waals surface area contributed by atoms with E-state index in [1.165, 1.54) is 21.9 Å². The van der Waals surface area contributed by atoms with Crippen molar-refractivity contribution in [3.8, 4) is 11.5 Å². The number of unbranched alkanes of at least 4 members (excludes halogenated alkanes) is 2. The maximum atomic E-state index is 13.7. The zero-order valence-electron chi connectivity index (χ0n) is 34.5. The number of ether oxygens (including phenoxy) is 4. The average molecular weight is 844 g/mol. The standard InChI is InChI=1S/C46H57N3O10S/c1-4-25-57-46-42(48(3)45(52)55-5-2)30-40(47-58-31-32-17-19-34(20-18-32)49(53)54)38-28-33(13-9-11-23-50)37(16-10-12-24-51)43(44(38)46)39-29-35(21-22-41(39)59-46)56-26-27-60-36-14-7-6-8-15-36/h4,6-8,14-15,17-22,28-29,33,37,42-44,50-51H,1,5,9-13,16,23-27,30-31H2,2-3H3. The van der Waals surface area contributed by atoms with Crippen LogP contribution in [0.5, 0.6) is 11.5 Å². The van der Waals surface area contributed by atoms with Gasteiger partial charge in [0.25, 0.3) is 5.69 Å². The number of hydrogen-bond donors (Lipinski definition) is 2. The number of thioether (sulfide) groups is 1. The van der Waals surface area contributed by atoms with E-state index < -0.39 is 28.8 Å². The van der Waals surface area contributed by atoms with Crippen LogP contribution >= 0.6 is 11.8 Å². The summed E-state index contributed by atoms with van der Waals surface area (Å²) in [5, 5.41) is 35.8. The Morgan fingerprint density at radius 1 is 1.07 bits per heavy atom. The van der Waals surface area contributed by atoms with Crippen molar-refractivity contribution < 1.29 is 43.7 Å². The number of likely N-dealkylation sites (N-methyl/N-ethyl adjacent to an activating group) is 1. The van der Waals surface area contributed by atoms with Crippen LogP contribution < -0.4 is 9.47 Å². The van der Waals surface area contributed by atoms with Gasteiger partial charge in [0.05, 0.1) is 36.4 Å². The number of amides is 1. The summed E-state index contributed by atoms with van der Waals surface area (Å²) in [7, 11) is 1.68. The number of fused-ring (bicyclic) bond motifs is 2. The molecule has 3 aromatic carbocycles. The smallest absolute Gasteiger partial charge is 0.409 e. The van der Waals surface area contributed by atoms with Crippen LogP contribution in [0.25, 0.3) is 0 Å². The molecule has 60 heavy (non-hydrogen) atoms. The number of carbonyl (C=O) groups is 1. The molecule has 6 atom stereocenters. The second-order valence-electron chi connectivity index (χ2n) is 15.3. The fourth-order valence-electron chi connectivity index (χ4n) is 8.90. The summed E-state index contributed by atoms with van der Waals surface area (Å²) in [5.74, 6) is 0.104.